The van der Waals surface area contributed by atoms with Gasteiger partial charge in [-0.2, -0.15) is 0 Å². The predicted molar refractivity (Wildman–Crippen MR) is 108 cm³/mol. The zero-order valence-electron chi connectivity index (χ0n) is 17.4. The fourth-order valence-electron chi connectivity index (χ4n) is 5.41. The van der Waals surface area contributed by atoms with Crippen molar-refractivity contribution in [3.8, 4) is 0 Å². The van der Waals surface area contributed by atoms with Gasteiger partial charge in [-0.1, -0.05) is 37.8 Å². The molecule has 0 spiro atoms. The van der Waals surface area contributed by atoms with Crippen molar-refractivity contribution in [2.24, 2.45) is 0 Å². The lowest BCUT2D eigenvalue weighted by Gasteiger charge is -2.37. The van der Waals surface area contributed by atoms with E-state index in [-0.39, 0.29) is 0 Å². The van der Waals surface area contributed by atoms with Gasteiger partial charge in [-0.25, -0.2) is 0 Å². The average molecular weight is 359 g/mol. The average Bonchev–Trinajstić information content (AvgIpc) is 2.98. The topological polar surface area (TPSA) is 3.01 Å². The van der Waals surface area contributed by atoms with Gasteiger partial charge in [0.15, 0.2) is 5.70 Å². The van der Waals surface area contributed by atoms with Crippen molar-refractivity contribution < 1.29 is 13.1 Å². The van der Waals surface area contributed by atoms with Gasteiger partial charge >= 0.3 is 6.84 Å². The second kappa shape index (κ2) is 6.62. The summed E-state index contributed by atoms with van der Waals surface area (Å²) in [5.41, 5.74) is 8.91. The van der Waals surface area contributed by atoms with Crippen LogP contribution in [0.5, 0.6) is 0 Å². The monoisotopic (exact) mass is 359 g/mol. The van der Waals surface area contributed by atoms with E-state index in [9.17, 15) is 0 Å². The van der Waals surface area contributed by atoms with Crippen LogP contribution in [0.3, 0.4) is 0 Å². The molecule has 0 fully saturated rings. The van der Waals surface area contributed by atoms with Crippen molar-refractivity contribution in [1.82, 2.24) is 0 Å². The maximum Gasteiger partial charge on any atom is 0.625 e. The molecule has 0 saturated heterocycles. The number of hydrogen-bond donors (Lipinski definition) is 0. The Morgan fingerprint density at radius 1 is 0.885 bits per heavy atom. The lowest BCUT2D eigenvalue weighted by molar-refractivity contribution is -0.364. The second-order valence-corrected chi connectivity index (χ2v) is 8.20. The summed E-state index contributed by atoms with van der Waals surface area (Å²) in [5, 5.41) is 0. The van der Waals surface area contributed by atoms with Crippen LogP contribution < -0.4 is 0 Å². The van der Waals surface area contributed by atoms with Crippen molar-refractivity contribution >= 4 is 12.5 Å². The number of allylic oxidation sites excluding steroid dienone is 7. The molecule has 4 heteroatoms. The van der Waals surface area contributed by atoms with Crippen LogP contribution in [0, 0.1) is 0 Å². The molecular weight excluding hydrogens is 327 g/mol. The summed E-state index contributed by atoms with van der Waals surface area (Å²) in [5.74, 6) is -0.741. The van der Waals surface area contributed by atoms with E-state index in [0.29, 0.717) is 0 Å². The first kappa shape index (κ1) is 19.3. The van der Waals surface area contributed by atoms with Crippen molar-refractivity contribution in [2.75, 3.05) is 0 Å². The highest BCUT2D eigenvalue weighted by Crippen LogP contribution is 2.57. The number of hydrogen-bond acceptors (Lipinski definition) is 0. The SMILES string of the molecule is CCCCCC1=C2C(C)=C(CC)C(C)=[N+]2[B-](F)(F)C2C(C)=C(C)C(C)=C12. The van der Waals surface area contributed by atoms with Crippen LogP contribution in [0.15, 0.2) is 44.7 Å². The van der Waals surface area contributed by atoms with Crippen LogP contribution in [-0.2, 0) is 0 Å². The first-order valence-electron chi connectivity index (χ1n) is 10.2. The number of unbranched alkanes of at least 4 members (excludes halogenated alkanes) is 2. The number of fused-ring (bicyclic) bond motifs is 2. The Bertz CT molecular complexity index is 821. The minimum absolute atomic E-state index is 0.741. The van der Waals surface area contributed by atoms with Crippen LogP contribution >= 0.6 is 0 Å². The largest absolute Gasteiger partial charge is 0.625 e. The predicted octanol–water partition coefficient (Wildman–Crippen LogP) is 6.96. The fraction of sp³-hybridized carbons (Fsp3) is 0.591. The first-order valence-corrected chi connectivity index (χ1v) is 10.2. The van der Waals surface area contributed by atoms with Crippen molar-refractivity contribution in [3.63, 3.8) is 0 Å². The summed E-state index contributed by atoms with van der Waals surface area (Å²) >= 11 is 0. The van der Waals surface area contributed by atoms with E-state index in [1.54, 1.807) is 0 Å². The van der Waals surface area contributed by atoms with Gasteiger partial charge in [0.25, 0.3) is 0 Å². The maximum atomic E-state index is 15.8. The van der Waals surface area contributed by atoms with E-state index >= 15 is 8.63 Å². The summed E-state index contributed by atoms with van der Waals surface area (Å²) < 4.78 is 33.1. The molecule has 0 radical (unpaired) electrons. The summed E-state index contributed by atoms with van der Waals surface area (Å²) in [6, 6.07) is 0. The number of nitrogens with zero attached hydrogens (tertiary/aromatic N) is 1. The molecule has 3 rings (SSSR count). The van der Waals surface area contributed by atoms with E-state index < -0.39 is 12.7 Å². The zero-order valence-corrected chi connectivity index (χ0v) is 17.4. The van der Waals surface area contributed by atoms with Crippen molar-refractivity contribution in [1.29, 1.82) is 0 Å². The third-order valence-corrected chi connectivity index (χ3v) is 6.92. The molecule has 142 valence electrons. The summed E-state index contributed by atoms with van der Waals surface area (Å²) in [4.78, 5) is 0. The normalized spacial score (nSPS) is 25.0. The van der Waals surface area contributed by atoms with E-state index in [1.807, 2.05) is 34.6 Å². The van der Waals surface area contributed by atoms with Gasteiger partial charge in [0, 0.05) is 29.5 Å². The lowest BCUT2D eigenvalue weighted by Crippen LogP contribution is -2.48. The van der Waals surface area contributed by atoms with Gasteiger partial charge in [-0.15, -0.1) is 0 Å². The van der Waals surface area contributed by atoms with E-state index in [0.717, 1.165) is 77.0 Å². The van der Waals surface area contributed by atoms with Gasteiger partial charge in [-0.05, 0) is 58.1 Å². The summed E-state index contributed by atoms with van der Waals surface area (Å²) in [6.45, 7) is 10.5. The molecule has 1 nitrogen and oxygen atoms in total. The summed E-state index contributed by atoms with van der Waals surface area (Å²) in [6.07, 6.45) is 5.06. The molecule has 0 amide bonds. The van der Waals surface area contributed by atoms with E-state index in [1.165, 1.54) is 10.1 Å². The molecule has 26 heavy (non-hydrogen) atoms. The fourth-order valence-corrected chi connectivity index (χ4v) is 5.41. The molecule has 1 atom stereocenters. The van der Waals surface area contributed by atoms with Crippen molar-refractivity contribution in [3.05, 3.63) is 44.7 Å². The number of rotatable bonds is 5. The molecule has 0 N–H and O–H groups in total. The Balaban J connectivity index is 2.31. The van der Waals surface area contributed by atoms with Gasteiger partial charge in [0.1, 0.15) is 5.71 Å². The van der Waals surface area contributed by atoms with Gasteiger partial charge in [0.05, 0.1) is 0 Å². The molecule has 2 heterocycles. The Kier molecular flexibility index (Phi) is 4.92. The molecular formula is C22H32BF2N. The summed E-state index contributed by atoms with van der Waals surface area (Å²) in [7, 11) is 0. The molecule has 0 aromatic heterocycles. The quantitative estimate of drug-likeness (QED) is 0.369. The Morgan fingerprint density at radius 3 is 2.12 bits per heavy atom. The molecule has 1 unspecified atom stereocenters. The molecule has 0 aromatic rings. The molecule has 0 saturated carbocycles. The van der Waals surface area contributed by atoms with E-state index in [2.05, 4.69) is 13.8 Å². The lowest BCUT2D eigenvalue weighted by atomic mass is 9.54. The molecule has 1 aliphatic carbocycles. The highest BCUT2D eigenvalue weighted by Gasteiger charge is 2.61. The van der Waals surface area contributed by atoms with Crippen LogP contribution in [0.4, 0.5) is 8.63 Å². The van der Waals surface area contributed by atoms with Crippen molar-refractivity contribution in [2.45, 2.75) is 86.4 Å². The maximum absolute atomic E-state index is 15.8. The van der Waals surface area contributed by atoms with E-state index in [4.69, 9.17) is 0 Å². The second-order valence-electron chi connectivity index (χ2n) is 8.20. The third-order valence-electron chi connectivity index (χ3n) is 6.92. The zero-order chi connectivity index (χ0) is 19.4. The minimum Gasteiger partial charge on any atom is -0.412 e. The molecule has 0 bridgehead atoms. The number of halogens is 2. The highest BCUT2D eigenvalue weighted by molar-refractivity contribution is 6.63. The smallest absolute Gasteiger partial charge is 0.412 e. The highest BCUT2D eigenvalue weighted by atomic mass is 19.2. The van der Waals surface area contributed by atoms with Crippen LogP contribution in [0.1, 0.15) is 80.6 Å². The first-order chi connectivity index (χ1) is 12.2. The molecule has 2 aliphatic heterocycles. The van der Waals surface area contributed by atoms with Gasteiger partial charge in [0.2, 0.25) is 0 Å². The van der Waals surface area contributed by atoms with Gasteiger partial charge < -0.3 is 13.1 Å². The minimum atomic E-state index is -3.69. The van der Waals surface area contributed by atoms with Crippen LogP contribution in [0.2, 0.25) is 5.82 Å². The Labute approximate surface area is 157 Å². The molecule has 3 aliphatic rings. The van der Waals surface area contributed by atoms with Gasteiger partial charge in [-0.3, -0.25) is 0 Å². The third kappa shape index (κ3) is 2.44. The Morgan fingerprint density at radius 2 is 1.54 bits per heavy atom. The standard InChI is InChI=1S/C22H32BF2N/c1-8-10-11-12-19-20-14(4)13(3)15(5)21(20)23(24,25)26-17(7)18(9-2)16(6)22(19)26/h21H,8-12H2,1-7H3. The van der Waals surface area contributed by atoms with Crippen LogP contribution in [-0.4, -0.2) is 17.0 Å². The van der Waals surface area contributed by atoms with Crippen LogP contribution in [0.25, 0.3) is 0 Å². The molecule has 0 aromatic carbocycles. The Hall–Kier alpha value is -1.45.